The number of amidine groups is 1. The van der Waals surface area contributed by atoms with Gasteiger partial charge in [0, 0.05) is 0 Å². The predicted octanol–water partition coefficient (Wildman–Crippen LogP) is 4.45. The van der Waals surface area contributed by atoms with Crippen molar-refractivity contribution in [1.29, 1.82) is 0 Å². The normalized spacial score (nSPS) is 15.9. The lowest BCUT2D eigenvalue weighted by atomic mass is 10.1. The van der Waals surface area contributed by atoms with E-state index in [4.69, 9.17) is 14.6 Å². The van der Waals surface area contributed by atoms with Crippen LogP contribution in [0, 0.1) is 13.8 Å². The molecule has 0 bridgehead atoms. The number of nitrogens with one attached hydrogen (secondary N) is 1. The van der Waals surface area contributed by atoms with E-state index in [1.165, 1.54) is 11.8 Å². The summed E-state index contributed by atoms with van der Waals surface area (Å²) in [4.78, 5) is 28.2. The van der Waals surface area contributed by atoms with Gasteiger partial charge >= 0.3 is 5.97 Å². The van der Waals surface area contributed by atoms with Crippen molar-refractivity contribution < 1.29 is 24.2 Å². The summed E-state index contributed by atoms with van der Waals surface area (Å²) in [5, 5.41) is 12.1. The third-order valence-electron chi connectivity index (χ3n) is 4.59. The molecule has 2 aromatic rings. The van der Waals surface area contributed by atoms with Crippen LogP contribution < -0.4 is 14.8 Å². The molecule has 2 N–H and O–H groups in total. The lowest BCUT2D eigenvalue weighted by molar-refractivity contribution is -0.137. The molecule has 1 fully saturated rings. The number of carbonyl (C=O) groups excluding carboxylic acids is 1. The molecule has 31 heavy (non-hydrogen) atoms. The van der Waals surface area contributed by atoms with Crippen LogP contribution >= 0.6 is 11.8 Å². The summed E-state index contributed by atoms with van der Waals surface area (Å²) in [6.07, 6.45) is 1.66. The fourth-order valence-electron chi connectivity index (χ4n) is 2.85. The average molecular weight is 441 g/mol. The number of thioether (sulfide) groups is 1. The van der Waals surface area contributed by atoms with E-state index in [1.54, 1.807) is 24.3 Å². The zero-order chi connectivity index (χ0) is 22.4. The first-order chi connectivity index (χ1) is 14.9. The smallest absolute Gasteiger partial charge is 0.306 e. The van der Waals surface area contributed by atoms with Crippen molar-refractivity contribution in [3.05, 3.63) is 58.0 Å². The number of hydrogen-bond acceptors (Lipinski definition) is 6. The molecule has 3 rings (SSSR count). The van der Waals surface area contributed by atoms with E-state index in [-0.39, 0.29) is 18.9 Å². The quantitative estimate of drug-likeness (QED) is 0.589. The number of carbonyl (C=O) groups is 2. The molecule has 0 unspecified atom stereocenters. The molecule has 162 valence electrons. The molecule has 0 spiro atoms. The molecule has 0 saturated carbocycles. The van der Waals surface area contributed by atoms with Crippen molar-refractivity contribution in [2.75, 3.05) is 13.2 Å². The number of amides is 1. The van der Waals surface area contributed by atoms with E-state index in [0.29, 0.717) is 28.2 Å². The van der Waals surface area contributed by atoms with Crippen molar-refractivity contribution in [2.45, 2.75) is 27.2 Å². The summed E-state index contributed by atoms with van der Waals surface area (Å²) in [5.74, 6) is -0.184. The molecule has 0 radical (unpaired) electrons. The van der Waals surface area contributed by atoms with Gasteiger partial charge in [-0.15, -0.1) is 0 Å². The molecule has 8 heteroatoms. The average Bonchev–Trinajstić information content (AvgIpc) is 3.06. The molecule has 7 nitrogen and oxygen atoms in total. The number of nitrogens with zero attached hydrogens (tertiary/aromatic N) is 1. The van der Waals surface area contributed by atoms with Crippen molar-refractivity contribution in [1.82, 2.24) is 5.32 Å². The largest absolute Gasteiger partial charge is 0.490 e. The van der Waals surface area contributed by atoms with Crippen LogP contribution in [0.3, 0.4) is 0 Å². The second-order valence-electron chi connectivity index (χ2n) is 6.83. The highest BCUT2D eigenvalue weighted by molar-refractivity contribution is 8.18. The van der Waals surface area contributed by atoms with Crippen molar-refractivity contribution in [3.8, 4) is 11.5 Å². The van der Waals surface area contributed by atoms with E-state index in [0.717, 1.165) is 22.4 Å². The number of aliphatic carboxylic acids is 1. The van der Waals surface area contributed by atoms with Gasteiger partial charge in [0.15, 0.2) is 16.7 Å². The predicted molar refractivity (Wildman–Crippen MR) is 122 cm³/mol. The molecule has 1 heterocycles. The summed E-state index contributed by atoms with van der Waals surface area (Å²) in [7, 11) is 0. The second kappa shape index (κ2) is 10.2. The van der Waals surface area contributed by atoms with E-state index < -0.39 is 5.97 Å². The van der Waals surface area contributed by atoms with Crippen molar-refractivity contribution in [2.24, 2.45) is 4.99 Å². The van der Waals surface area contributed by atoms with Gasteiger partial charge in [0.25, 0.3) is 5.91 Å². The minimum absolute atomic E-state index is 0.0479. The molecular weight excluding hydrogens is 416 g/mol. The van der Waals surface area contributed by atoms with Gasteiger partial charge in [-0.1, -0.05) is 18.2 Å². The van der Waals surface area contributed by atoms with Gasteiger partial charge in [-0.05, 0) is 73.5 Å². The molecule has 0 aliphatic carbocycles. The first kappa shape index (κ1) is 22.4. The summed E-state index contributed by atoms with van der Waals surface area (Å²) in [5.41, 5.74) is 3.80. The van der Waals surface area contributed by atoms with Crippen LogP contribution in [0.25, 0.3) is 6.08 Å². The number of aryl methyl sites for hydroxylation is 1. The molecule has 1 aliphatic rings. The molecule has 0 atom stereocenters. The lowest BCUT2D eigenvalue weighted by Gasteiger charge is -2.12. The Kier molecular flexibility index (Phi) is 7.36. The zero-order valence-electron chi connectivity index (χ0n) is 17.6. The van der Waals surface area contributed by atoms with Crippen LogP contribution in [0.5, 0.6) is 11.5 Å². The van der Waals surface area contributed by atoms with Gasteiger partial charge in [0.2, 0.25) is 0 Å². The Morgan fingerprint density at radius 3 is 2.74 bits per heavy atom. The first-order valence-electron chi connectivity index (χ1n) is 9.84. The number of aliphatic imine (C=N–C) groups is 1. The van der Waals surface area contributed by atoms with E-state index in [9.17, 15) is 9.59 Å². The Bertz CT molecular complexity index is 1060. The highest BCUT2D eigenvalue weighted by atomic mass is 32.2. The van der Waals surface area contributed by atoms with E-state index in [1.807, 2.05) is 39.0 Å². The van der Waals surface area contributed by atoms with Crippen LogP contribution in [0.4, 0.5) is 5.69 Å². The van der Waals surface area contributed by atoms with Crippen molar-refractivity contribution in [3.63, 3.8) is 0 Å². The number of carboxylic acids is 1. The highest BCUT2D eigenvalue weighted by Gasteiger charge is 2.24. The summed E-state index contributed by atoms with van der Waals surface area (Å²) in [6, 6.07) is 11.1. The monoisotopic (exact) mass is 440 g/mol. The first-order valence-corrected chi connectivity index (χ1v) is 10.7. The number of benzene rings is 2. The SMILES string of the molecule is CCOc1cc(/C=C2/SC(=Nc3cccc(C)c3C)NC2=O)ccc1OCCC(=O)O. The van der Waals surface area contributed by atoms with Crippen LogP contribution in [-0.2, 0) is 9.59 Å². The Morgan fingerprint density at radius 2 is 2.00 bits per heavy atom. The molecule has 2 aromatic carbocycles. The maximum absolute atomic E-state index is 12.4. The minimum Gasteiger partial charge on any atom is -0.490 e. The number of ether oxygens (including phenoxy) is 2. The van der Waals surface area contributed by atoms with Gasteiger partial charge in [-0.2, -0.15) is 0 Å². The fraction of sp³-hybridized carbons (Fsp3) is 0.261. The number of rotatable bonds is 8. The van der Waals surface area contributed by atoms with Crippen LogP contribution in [-0.4, -0.2) is 35.4 Å². The second-order valence-corrected chi connectivity index (χ2v) is 7.86. The molecule has 0 aromatic heterocycles. The summed E-state index contributed by atoms with van der Waals surface area (Å²) >= 11 is 1.28. The maximum Gasteiger partial charge on any atom is 0.306 e. The van der Waals surface area contributed by atoms with Gasteiger partial charge < -0.3 is 19.9 Å². The Hall–Kier alpha value is -3.26. The molecule has 1 saturated heterocycles. The van der Waals surface area contributed by atoms with Crippen LogP contribution in [0.1, 0.15) is 30.0 Å². The van der Waals surface area contributed by atoms with Crippen LogP contribution in [0.2, 0.25) is 0 Å². The van der Waals surface area contributed by atoms with E-state index in [2.05, 4.69) is 10.3 Å². The lowest BCUT2D eigenvalue weighted by Crippen LogP contribution is -2.19. The fourth-order valence-corrected chi connectivity index (χ4v) is 3.68. The minimum atomic E-state index is -0.929. The van der Waals surface area contributed by atoms with Gasteiger partial charge in [-0.25, -0.2) is 4.99 Å². The summed E-state index contributed by atoms with van der Waals surface area (Å²) in [6.45, 7) is 6.35. The standard InChI is InChI=1S/C23H24N2O5S/c1-4-29-19-12-16(8-9-18(19)30-11-10-21(26)27)13-20-22(28)25-23(31-20)24-17-7-5-6-14(2)15(17)3/h5-9,12-13H,4,10-11H2,1-3H3,(H,26,27)(H,24,25,28)/b20-13+. The summed E-state index contributed by atoms with van der Waals surface area (Å²) < 4.78 is 11.1. The third kappa shape index (κ3) is 5.88. The molecule has 1 amide bonds. The Morgan fingerprint density at radius 1 is 1.19 bits per heavy atom. The van der Waals surface area contributed by atoms with Gasteiger partial charge in [0.05, 0.1) is 30.2 Å². The molecule has 1 aliphatic heterocycles. The number of carboxylic acid groups (broad SMARTS) is 1. The third-order valence-corrected chi connectivity index (χ3v) is 5.50. The van der Waals surface area contributed by atoms with Gasteiger partial charge in [0.1, 0.15) is 0 Å². The van der Waals surface area contributed by atoms with Crippen molar-refractivity contribution >= 4 is 40.6 Å². The molecular formula is C23H24N2O5S. The zero-order valence-corrected chi connectivity index (χ0v) is 18.4. The van der Waals surface area contributed by atoms with E-state index >= 15 is 0 Å². The highest BCUT2D eigenvalue weighted by Crippen LogP contribution is 2.33. The van der Waals surface area contributed by atoms with Gasteiger partial charge in [-0.3, -0.25) is 9.59 Å². The van der Waals surface area contributed by atoms with Crippen LogP contribution in [0.15, 0.2) is 46.3 Å². The Labute approximate surface area is 185 Å². The Balaban J connectivity index is 1.79. The topological polar surface area (TPSA) is 97.2 Å². The number of hydrogen-bond donors (Lipinski definition) is 2. The maximum atomic E-state index is 12.4.